The summed E-state index contributed by atoms with van der Waals surface area (Å²) in [5, 5.41) is 9.62. The van der Waals surface area contributed by atoms with Crippen LogP contribution in [0.5, 0.6) is 0 Å². The molecule has 0 aromatic rings. The van der Waals surface area contributed by atoms with Crippen LogP contribution in [0.2, 0.25) is 0 Å². The molecule has 0 aliphatic rings. The zero-order valence-electron chi connectivity index (χ0n) is 10.6. The van der Waals surface area contributed by atoms with Crippen molar-refractivity contribution in [1.29, 1.82) is 0 Å². The number of hydrogen-bond acceptors (Lipinski definition) is 2. The summed E-state index contributed by atoms with van der Waals surface area (Å²) in [5.74, 6) is 1.28. The van der Waals surface area contributed by atoms with Gasteiger partial charge in [-0.2, -0.15) is 0 Å². The van der Waals surface area contributed by atoms with Crippen LogP contribution in [0.1, 0.15) is 59.8 Å². The fourth-order valence-corrected chi connectivity index (χ4v) is 1.67. The summed E-state index contributed by atoms with van der Waals surface area (Å²) >= 11 is 0. The molecule has 1 unspecified atom stereocenters. The Bertz CT molecular complexity index is 173. The van der Waals surface area contributed by atoms with E-state index in [1.54, 1.807) is 0 Å². The van der Waals surface area contributed by atoms with Gasteiger partial charge in [-0.3, -0.25) is 4.79 Å². The molecule has 1 N–H and O–H groups in total. The first-order chi connectivity index (χ1) is 6.91. The predicted molar refractivity (Wildman–Crippen MR) is 63.8 cm³/mol. The Morgan fingerprint density at radius 3 is 2.07 bits per heavy atom. The summed E-state index contributed by atoms with van der Waals surface area (Å²) in [4.78, 5) is 11.4. The lowest BCUT2D eigenvalue weighted by Crippen LogP contribution is -2.15. The molecule has 2 heteroatoms. The first-order valence-electron chi connectivity index (χ1n) is 6.11. The minimum absolute atomic E-state index is 0.196. The van der Waals surface area contributed by atoms with Crippen molar-refractivity contribution in [2.24, 2.45) is 11.8 Å². The number of rotatable bonds is 8. The van der Waals surface area contributed by atoms with Gasteiger partial charge in [0.1, 0.15) is 5.78 Å². The predicted octanol–water partition coefficient (Wildman–Crippen LogP) is 3.18. The minimum atomic E-state index is -0.421. The van der Waals surface area contributed by atoms with Gasteiger partial charge in [-0.1, -0.05) is 40.5 Å². The van der Waals surface area contributed by atoms with Gasteiger partial charge in [-0.25, -0.2) is 0 Å². The zero-order chi connectivity index (χ0) is 11.8. The lowest BCUT2D eigenvalue weighted by atomic mass is 9.98. The van der Waals surface area contributed by atoms with Gasteiger partial charge in [0.25, 0.3) is 0 Å². The van der Waals surface area contributed by atoms with Gasteiger partial charge < -0.3 is 5.11 Å². The quantitative estimate of drug-likeness (QED) is 0.674. The van der Waals surface area contributed by atoms with E-state index in [9.17, 15) is 9.90 Å². The number of carbonyl (C=O) groups excluding carboxylic acids is 1. The number of Topliss-reactive ketones (excluding diaryl/α,β-unsaturated/α-hetero) is 1. The molecule has 0 saturated heterocycles. The second-order valence-corrected chi connectivity index (χ2v) is 5.32. The fraction of sp³-hybridized carbons (Fsp3) is 0.923. The van der Waals surface area contributed by atoms with E-state index in [-0.39, 0.29) is 5.78 Å². The Balaban J connectivity index is 3.55. The van der Waals surface area contributed by atoms with Crippen LogP contribution in [0, 0.1) is 11.8 Å². The Morgan fingerprint density at radius 2 is 1.60 bits per heavy atom. The van der Waals surface area contributed by atoms with Crippen LogP contribution in [-0.2, 0) is 4.79 Å². The molecule has 90 valence electrons. The van der Waals surface area contributed by atoms with Gasteiger partial charge in [-0.05, 0) is 18.3 Å². The van der Waals surface area contributed by atoms with Gasteiger partial charge in [0.05, 0.1) is 6.10 Å². The van der Waals surface area contributed by atoms with E-state index in [4.69, 9.17) is 0 Å². The largest absolute Gasteiger partial charge is 0.393 e. The molecule has 0 bridgehead atoms. The monoisotopic (exact) mass is 214 g/mol. The third-order valence-corrected chi connectivity index (χ3v) is 2.42. The molecule has 0 heterocycles. The lowest BCUT2D eigenvalue weighted by molar-refractivity contribution is -0.121. The van der Waals surface area contributed by atoms with Crippen LogP contribution in [0.25, 0.3) is 0 Å². The van der Waals surface area contributed by atoms with Crippen LogP contribution in [0.4, 0.5) is 0 Å². The Labute approximate surface area is 94.1 Å². The first kappa shape index (κ1) is 14.6. The molecule has 2 nitrogen and oxygen atoms in total. The zero-order valence-corrected chi connectivity index (χ0v) is 10.6. The maximum atomic E-state index is 11.4. The van der Waals surface area contributed by atoms with Crippen LogP contribution < -0.4 is 0 Å². The molecule has 0 aliphatic carbocycles. The summed E-state index contributed by atoms with van der Waals surface area (Å²) in [6.45, 7) is 8.42. The molecule has 0 radical (unpaired) electrons. The Morgan fingerprint density at radius 1 is 1.00 bits per heavy atom. The summed E-state index contributed by atoms with van der Waals surface area (Å²) < 4.78 is 0. The maximum Gasteiger partial charge on any atom is 0.135 e. The highest BCUT2D eigenvalue weighted by molar-refractivity contribution is 5.78. The smallest absolute Gasteiger partial charge is 0.135 e. The van der Waals surface area contributed by atoms with Crippen LogP contribution in [0.3, 0.4) is 0 Å². The van der Waals surface area contributed by atoms with E-state index in [0.717, 1.165) is 19.3 Å². The molecule has 0 aromatic carbocycles. The first-order valence-corrected chi connectivity index (χ1v) is 6.11. The van der Waals surface area contributed by atoms with Crippen LogP contribution in [-0.4, -0.2) is 17.0 Å². The average molecular weight is 214 g/mol. The van der Waals surface area contributed by atoms with E-state index >= 15 is 0 Å². The topological polar surface area (TPSA) is 37.3 Å². The molecule has 0 spiro atoms. The van der Waals surface area contributed by atoms with Crippen molar-refractivity contribution in [3.8, 4) is 0 Å². The van der Waals surface area contributed by atoms with E-state index in [2.05, 4.69) is 13.8 Å². The van der Waals surface area contributed by atoms with E-state index < -0.39 is 6.10 Å². The number of ketones is 1. The van der Waals surface area contributed by atoms with Crippen molar-refractivity contribution in [3.05, 3.63) is 0 Å². The van der Waals surface area contributed by atoms with Crippen molar-refractivity contribution in [2.75, 3.05) is 0 Å². The highest BCUT2D eigenvalue weighted by atomic mass is 16.3. The maximum absolute atomic E-state index is 11.4. The number of carbonyl (C=O) groups is 1. The van der Waals surface area contributed by atoms with Crippen molar-refractivity contribution in [2.45, 2.75) is 65.9 Å². The minimum Gasteiger partial charge on any atom is -0.393 e. The molecule has 0 aliphatic heterocycles. The molecule has 0 rings (SSSR count). The van der Waals surface area contributed by atoms with Crippen molar-refractivity contribution < 1.29 is 9.90 Å². The summed E-state index contributed by atoms with van der Waals surface area (Å²) in [7, 11) is 0. The third-order valence-electron chi connectivity index (χ3n) is 2.42. The van der Waals surface area contributed by atoms with Crippen molar-refractivity contribution >= 4 is 5.78 Å². The SMILES string of the molecule is CC(C)CCCC(O)CC(=O)CC(C)C. The highest BCUT2D eigenvalue weighted by Gasteiger charge is 2.12. The number of aliphatic hydroxyl groups is 1. The summed E-state index contributed by atoms with van der Waals surface area (Å²) in [6.07, 6.45) is 3.44. The standard InChI is InChI=1S/C13H26O2/c1-10(2)6-5-7-12(14)9-13(15)8-11(3)4/h10-12,14H,5-9H2,1-4H3. The summed E-state index contributed by atoms with van der Waals surface area (Å²) in [5.41, 5.74) is 0. The van der Waals surface area contributed by atoms with Crippen LogP contribution >= 0.6 is 0 Å². The molecule has 0 fully saturated rings. The molecule has 0 amide bonds. The molecule has 0 saturated carbocycles. The lowest BCUT2D eigenvalue weighted by Gasteiger charge is -2.11. The van der Waals surface area contributed by atoms with E-state index in [1.807, 2.05) is 13.8 Å². The van der Waals surface area contributed by atoms with E-state index in [1.165, 1.54) is 0 Å². The summed E-state index contributed by atoms with van der Waals surface area (Å²) in [6, 6.07) is 0. The normalized spacial score (nSPS) is 13.5. The van der Waals surface area contributed by atoms with Crippen LogP contribution in [0.15, 0.2) is 0 Å². The van der Waals surface area contributed by atoms with Crippen molar-refractivity contribution in [1.82, 2.24) is 0 Å². The van der Waals surface area contributed by atoms with Crippen molar-refractivity contribution in [3.63, 3.8) is 0 Å². The highest BCUT2D eigenvalue weighted by Crippen LogP contribution is 2.12. The number of aliphatic hydroxyl groups excluding tert-OH is 1. The Hall–Kier alpha value is -0.370. The Kier molecular flexibility index (Phi) is 7.67. The molecule has 15 heavy (non-hydrogen) atoms. The second kappa shape index (κ2) is 7.86. The van der Waals surface area contributed by atoms with Gasteiger partial charge >= 0.3 is 0 Å². The van der Waals surface area contributed by atoms with Gasteiger partial charge in [0.15, 0.2) is 0 Å². The third kappa shape index (κ3) is 9.92. The second-order valence-electron chi connectivity index (χ2n) is 5.32. The molecular weight excluding hydrogens is 188 g/mol. The molecule has 1 atom stereocenters. The number of hydrogen-bond donors (Lipinski definition) is 1. The fourth-order valence-electron chi connectivity index (χ4n) is 1.67. The van der Waals surface area contributed by atoms with E-state index in [0.29, 0.717) is 24.7 Å². The van der Waals surface area contributed by atoms with Gasteiger partial charge in [0, 0.05) is 12.8 Å². The molecule has 0 aromatic heterocycles. The average Bonchev–Trinajstić information content (AvgIpc) is 2.00. The van der Waals surface area contributed by atoms with Gasteiger partial charge in [-0.15, -0.1) is 0 Å². The van der Waals surface area contributed by atoms with Gasteiger partial charge in [0.2, 0.25) is 0 Å². The molecular formula is C13H26O2.